The van der Waals surface area contributed by atoms with Gasteiger partial charge in [0.25, 0.3) is 0 Å². The molecular formula is C48H31NS. The first kappa shape index (κ1) is 28.8. The number of hydrogen-bond donors (Lipinski definition) is 0. The third-order valence-corrected chi connectivity index (χ3v) is 11.1. The lowest BCUT2D eigenvalue weighted by molar-refractivity contribution is 1.30. The van der Waals surface area contributed by atoms with E-state index in [1.807, 2.05) is 11.3 Å². The molecule has 0 aliphatic heterocycles. The van der Waals surface area contributed by atoms with Crippen LogP contribution in [0.5, 0.6) is 0 Å². The standard InChI is InChI=1S/C48H31NS/c1-2-8-32(9-3-1)36-16-14-34-15-17-38(28-41(34)27-36)37-18-19-40-30-43(23-21-39(40)26-37)49(42-22-20-33-10-4-5-11-35(33)29-42)44-24-25-48-46(31-44)45-12-6-7-13-47(45)50-48/h1-31H. The van der Waals surface area contributed by atoms with Crippen molar-refractivity contribution in [3.63, 3.8) is 0 Å². The first-order valence-corrected chi connectivity index (χ1v) is 17.9. The smallest absolute Gasteiger partial charge is 0.0468 e. The summed E-state index contributed by atoms with van der Waals surface area (Å²) in [5.41, 5.74) is 8.36. The maximum absolute atomic E-state index is 2.40. The Morgan fingerprint density at radius 2 is 0.760 bits per heavy atom. The zero-order valence-corrected chi connectivity index (χ0v) is 28.1. The van der Waals surface area contributed by atoms with Crippen LogP contribution in [0.2, 0.25) is 0 Å². The van der Waals surface area contributed by atoms with Crippen molar-refractivity contribution >= 4 is 80.9 Å². The zero-order valence-electron chi connectivity index (χ0n) is 27.3. The Kier molecular flexibility index (Phi) is 6.75. The molecule has 0 amide bonds. The molecule has 0 atom stereocenters. The van der Waals surface area contributed by atoms with Crippen LogP contribution in [0.15, 0.2) is 188 Å². The number of fused-ring (bicyclic) bond motifs is 6. The average molecular weight is 654 g/mol. The highest BCUT2D eigenvalue weighted by molar-refractivity contribution is 7.25. The number of rotatable bonds is 5. The largest absolute Gasteiger partial charge is 0.310 e. The molecule has 0 bridgehead atoms. The van der Waals surface area contributed by atoms with Crippen molar-refractivity contribution in [2.75, 3.05) is 4.90 Å². The first-order valence-electron chi connectivity index (χ1n) is 17.1. The van der Waals surface area contributed by atoms with E-state index in [9.17, 15) is 0 Å². The lowest BCUT2D eigenvalue weighted by Gasteiger charge is -2.26. The number of thiophene rings is 1. The summed E-state index contributed by atoms with van der Waals surface area (Å²) in [5.74, 6) is 0. The molecule has 234 valence electrons. The van der Waals surface area contributed by atoms with Crippen LogP contribution in [-0.2, 0) is 0 Å². The molecule has 50 heavy (non-hydrogen) atoms. The van der Waals surface area contributed by atoms with E-state index < -0.39 is 0 Å². The summed E-state index contributed by atoms with van der Waals surface area (Å²) in [6.45, 7) is 0. The highest BCUT2D eigenvalue weighted by atomic mass is 32.1. The normalized spacial score (nSPS) is 11.6. The molecule has 0 aliphatic rings. The van der Waals surface area contributed by atoms with E-state index >= 15 is 0 Å². The summed E-state index contributed by atoms with van der Waals surface area (Å²) in [6, 6.07) is 68.9. The minimum Gasteiger partial charge on any atom is -0.310 e. The summed E-state index contributed by atoms with van der Waals surface area (Å²) >= 11 is 1.86. The third kappa shape index (κ3) is 5.01. The second-order valence-corrected chi connectivity index (χ2v) is 14.1. The molecule has 1 heterocycles. The molecule has 9 aromatic carbocycles. The average Bonchev–Trinajstić information content (AvgIpc) is 3.56. The maximum atomic E-state index is 2.40. The van der Waals surface area contributed by atoms with Crippen molar-refractivity contribution in [2.24, 2.45) is 0 Å². The van der Waals surface area contributed by atoms with Gasteiger partial charge in [0.1, 0.15) is 0 Å². The van der Waals surface area contributed by atoms with Crippen molar-refractivity contribution < 1.29 is 0 Å². The molecule has 10 rings (SSSR count). The number of anilines is 3. The van der Waals surface area contributed by atoms with E-state index in [4.69, 9.17) is 0 Å². The van der Waals surface area contributed by atoms with Crippen LogP contribution in [0.4, 0.5) is 17.1 Å². The number of nitrogens with zero attached hydrogens (tertiary/aromatic N) is 1. The van der Waals surface area contributed by atoms with E-state index in [0.29, 0.717) is 0 Å². The van der Waals surface area contributed by atoms with Crippen molar-refractivity contribution in [3.05, 3.63) is 188 Å². The van der Waals surface area contributed by atoms with Gasteiger partial charge >= 0.3 is 0 Å². The van der Waals surface area contributed by atoms with Gasteiger partial charge in [-0.05, 0) is 121 Å². The summed E-state index contributed by atoms with van der Waals surface area (Å²) in [6.07, 6.45) is 0. The van der Waals surface area contributed by atoms with Gasteiger partial charge in [0, 0.05) is 37.2 Å². The quantitative estimate of drug-likeness (QED) is 0.179. The van der Waals surface area contributed by atoms with E-state index in [1.54, 1.807) is 0 Å². The highest BCUT2D eigenvalue weighted by Gasteiger charge is 2.16. The fraction of sp³-hybridized carbons (Fsp3) is 0. The van der Waals surface area contributed by atoms with Crippen LogP contribution in [0.1, 0.15) is 0 Å². The summed E-state index contributed by atoms with van der Waals surface area (Å²) in [5, 5.41) is 10.0. The van der Waals surface area contributed by atoms with E-state index in [0.717, 1.165) is 17.1 Å². The predicted molar refractivity (Wildman–Crippen MR) is 217 cm³/mol. The van der Waals surface area contributed by atoms with Crippen LogP contribution in [0.3, 0.4) is 0 Å². The molecule has 0 radical (unpaired) electrons. The Hall–Kier alpha value is -6.22. The minimum atomic E-state index is 1.14. The topological polar surface area (TPSA) is 3.24 Å². The van der Waals surface area contributed by atoms with Gasteiger partial charge in [-0.2, -0.15) is 0 Å². The van der Waals surface area contributed by atoms with Crippen LogP contribution < -0.4 is 4.90 Å². The van der Waals surface area contributed by atoms with Crippen LogP contribution >= 0.6 is 11.3 Å². The summed E-state index contributed by atoms with van der Waals surface area (Å²) in [4.78, 5) is 2.40. The molecule has 0 saturated heterocycles. The lowest BCUT2D eigenvalue weighted by Crippen LogP contribution is -2.09. The first-order chi connectivity index (χ1) is 24.7. The van der Waals surface area contributed by atoms with Crippen molar-refractivity contribution in [1.29, 1.82) is 0 Å². The highest BCUT2D eigenvalue weighted by Crippen LogP contribution is 2.42. The molecule has 0 spiro atoms. The third-order valence-electron chi connectivity index (χ3n) is 9.97. The fourth-order valence-corrected chi connectivity index (χ4v) is 8.49. The Morgan fingerprint density at radius 3 is 1.54 bits per heavy atom. The number of benzene rings is 9. The molecule has 2 heteroatoms. The molecule has 0 N–H and O–H groups in total. The Bertz CT molecular complexity index is 2880. The molecule has 0 aliphatic carbocycles. The Labute approximate surface area is 294 Å². The van der Waals surface area contributed by atoms with Gasteiger partial charge in [-0.1, -0.05) is 121 Å². The van der Waals surface area contributed by atoms with Gasteiger partial charge in [0.15, 0.2) is 0 Å². The second-order valence-electron chi connectivity index (χ2n) is 13.0. The van der Waals surface area contributed by atoms with E-state index in [1.165, 1.54) is 74.7 Å². The molecule has 1 nitrogen and oxygen atoms in total. The summed E-state index contributed by atoms with van der Waals surface area (Å²) < 4.78 is 2.63. The molecule has 0 unspecified atom stereocenters. The minimum absolute atomic E-state index is 1.14. The molecule has 1 aromatic heterocycles. The van der Waals surface area contributed by atoms with Gasteiger partial charge in [-0.25, -0.2) is 0 Å². The van der Waals surface area contributed by atoms with Crippen molar-refractivity contribution in [1.82, 2.24) is 0 Å². The molecular weight excluding hydrogens is 623 g/mol. The molecule has 0 saturated carbocycles. The monoisotopic (exact) mass is 653 g/mol. The van der Waals surface area contributed by atoms with Crippen molar-refractivity contribution in [3.8, 4) is 22.3 Å². The van der Waals surface area contributed by atoms with E-state index in [-0.39, 0.29) is 0 Å². The van der Waals surface area contributed by atoms with Crippen molar-refractivity contribution in [2.45, 2.75) is 0 Å². The Morgan fingerprint density at radius 1 is 0.280 bits per heavy atom. The SMILES string of the molecule is c1ccc(-c2ccc3ccc(-c4ccc5cc(N(c6ccc7ccccc7c6)c6ccc7sc8ccccc8c7c6)ccc5c4)cc3c2)cc1. The Balaban J connectivity index is 1.07. The fourth-order valence-electron chi connectivity index (χ4n) is 7.40. The van der Waals surface area contributed by atoms with Crippen LogP contribution in [0, 0.1) is 0 Å². The maximum Gasteiger partial charge on any atom is 0.0468 e. The number of hydrogen-bond acceptors (Lipinski definition) is 2. The van der Waals surface area contributed by atoms with E-state index in [2.05, 4.69) is 193 Å². The van der Waals surface area contributed by atoms with Gasteiger partial charge in [-0.15, -0.1) is 11.3 Å². The lowest BCUT2D eigenvalue weighted by atomic mass is 9.96. The molecule has 0 fully saturated rings. The van der Waals surface area contributed by atoms with Gasteiger partial charge in [-0.3, -0.25) is 0 Å². The van der Waals surface area contributed by atoms with Gasteiger partial charge in [0.05, 0.1) is 0 Å². The zero-order chi connectivity index (χ0) is 33.0. The van der Waals surface area contributed by atoms with Crippen LogP contribution in [-0.4, -0.2) is 0 Å². The second kappa shape index (κ2) is 11.7. The predicted octanol–water partition coefficient (Wildman–Crippen LogP) is 14.3. The molecule has 10 aromatic rings. The van der Waals surface area contributed by atoms with Gasteiger partial charge in [0.2, 0.25) is 0 Å². The van der Waals surface area contributed by atoms with Crippen LogP contribution in [0.25, 0.3) is 74.7 Å². The van der Waals surface area contributed by atoms with Gasteiger partial charge < -0.3 is 4.90 Å². The summed E-state index contributed by atoms with van der Waals surface area (Å²) in [7, 11) is 0.